The van der Waals surface area contributed by atoms with Crippen LogP contribution in [-0.4, -0.2) is 45.2 Å². The molecule has 1 saturated heterocycles. The van der Waals surface area contributed by atoms with Crippen molar-refractivity contribution in [3.63, 3.8) is 0 Å². The van der Waals surface area contributed by atoms with E-state index < -0.39 is 23.7 Å². The van der Waals surface area contributed by atoms with Gasteiger partial charge in [-0.05, 0) is 44.9 Å². The van der Waals surface area contributed by atoms with Gasteiger partial charge in [0.25, 0.3) is 0 Å². The van der Waals surface area contributed by atoms with Gasteiger partial charge in [0.2, 0.25) is 0 Å². The third-order valence-electron chi connectivity index (χ3n) is 3.39. The third kappa shape index (κ3) is 3.71. The topological polar surface area (TPSA) is 79.7 Å². The number of likely N-dealkylation sites (tertiary alicyclic amines) is 1. The van der Waals surface area contributed by atoms with Crippen molar-refractivity contribution in [2.45, 2.75) is 44.8 Å². The molecule has 1 aliphatic rings. The van der Waals surface area contributed by atoms with E-state index in [-0.39, 0.29) is 5.92 Å². The van der Waals surface area contributed by atoms with E-state index in [4.69, 9.17) is 4.74 Å². The molecule has 0 aliphatic carbocycles. The standard InChI is InChI=1S/C15H20N2O4/c1-15(2,3)21-14(20)17-9-11(8-12(17)13(18)19)10-4-6-16-7-5-10/h4-7,11-12H,8-9H2,1-3H3,(H,18,19)/t11?,12-/m1/s1. The van der Waals surface area contributed by atoms with Crippen LogP contribution < -0.4 is 0 Å². The molecular weight excluding hydrogens is 272 g/mol. The number of aromatic nitrogens is 1. The van der Waals surface area contributed by atoms with E-state index in [0.29, 0.717) is 13.0 Å². The Morgan fingerprint density at radius 1 is 1.33 bits per heavy atom. The second-order valence-corrected chi connectivity index (χ2v) is 6.20. The molecule has 6 heteroatoms. The summed E-state index contributed by atoms with van der Waals surface area (Å²) >= 11 is 0. The fourth-order valence-corrected chi connectivity index (χ4v) is 2.47. The van der Waals surface area contributed by atoms with E-state index in [2.05, 4.69) is 4.98 Å². The second kappa shape index (κ2) is 5.71. The molecule has 114 valence electrons. The third-order valence-corrected chi connectivity index (χ3v) is 3.39. The SMILES string of the molecule is CC(C)(C)OC(=O)N1CC(c2ccncc2)C[C@@H]1C(=O)O. The fourth-order valence-electron chi connectivity index (χ4n) is 2.47. The minimum absolute atomic E-state index is 0.0124. The predicted molar refractivity (Wildman–Crippen MR) is 76.0 cm³/mol. The Kier molecular flexibility index (Phi) is 4.16. The maximum absolute atomic E-state index is 12.2. The number of carboxylic acid groups (broad SMARTS) is 1. The Morgan fingerprint density at radius 3 is 2.48 bits per heavy atom. The summed E-state index contributed by atoms with van der Waals surface area (Å²) in [6.45, 7) is 5.63. The first-order valence-electron chi connectivity index (χ1n) is 6.90. The maximum atomic E-state index is 12.2. The number of rotatable bonds is 2. The van der Waals surface area contributed by atoms with Crippen LogP contribution in [0.15, 0.2) is 24.5 Å². The van der Waals surface area contributed by atoms with Crippen LogP contribution in [0.5, 0.6) is 0 Å². The number of carbonyl (C=O) groups is 2. The Morgan fingerprint density at radius 2 is 1.95 bits per heavy atom. The van der Waals surface area contributed by atoms with Crippen molar-refractivity contribution in [3.8, 4) is 0 Å². The number of carboxylic acids is 1. The molecule has 1 aromatic heterocycles. The zero-order chi connectivity index (χ0) is 15.6. The summed E-state index contributed by atoms with van der Waals surface area (Å²) in [6, 6.07) is 2.85. The van der Waals surface area contributed by atoms with Crippen molar-refractivity contribution < 1.29 is 19.4 Å². The van der Waals surface area contributed by atoms with Gasteiger partial charge in [-0.2, -0.15) is 0 Å². The Bertz CT molecular complexity index is 524. The average molecular weight is 292 g/mol. The lowest BCUT2D eigenvalue weighted by Gasteiger charge is -2.26. The molecule has 0 spiro atoms. The molecule has 0 aromatic carbocycles. The fraction of sp³-hybridized carbons (Fsp3) is 0.533. The van der Waals surface area contributed by atoms with Gasteiger partial charge in [0, 0.05) is 24.9 Å². The molecule has 1 unspecified atom stereocenters. The van der Waals surface area contributed by atoms with Crippen LogP contribution in [0.25, 0.3) is 0 Å². The highest BCUT2D eigenvalue weighted by molar-refractivity contribution is 5.81. The van der Waals surface area contributed by atoms with Crippen molar-refractivity contribution >= 4 is 12.1 Å². The van der Waals surface area contributed by atoms with Crippen molar-refractivity contribution in [3.05, 3.63) is 30.1 Å². The van der Waals surface area contributed by atoms with Crippen molar-refractivity contribution in [1.29, 1.82) is 0 Å². The summed E-state index contributed by atoms with van der Waals surface area (Å²) < 4.78 is 5.30. The molecule has 1 fully saturated rings. The molecule has 2 heterocycles. The molecule has 1 aliphatic heterocycles. The maximum Gasteiger partial charge on any atom is 0.411 e. The van der Waals surface area contributed by atoms with E-state index in [0.717, 1.165) is 5.56 Å². The van der Waals surface area contributed by atoms with Crippen molar-refractivity contribution in [2.24, 2.45) is 0 Å². The number of aliphatic carboxylic acids is 1. The normalized spacial score (nSPS) is 22.1. The average Bonchev–Trinajstić information content (AvgIpc) is 2.83. The molecule has 1 N–H and O–H groups in total. The highest BCUT2D eigenvalue weighted by Gasteiger charge is 2.41. The van der Waals surface area contributed by atoms with E-state index >= 15 is 0 Å². The number of hydrogen-bond acceptors (Lipinski definition) is 4. The Labute approximate surface area is 123 Å². The summed E-state index contributed by atoms with van der Waals surface area (Å²) in [5, 5.41) is 9.33. The molecule has 0 bridgehead atoms. The molecule has 0 saturated carbocycles. The van der Waals surface area contributed by atoms with E-state index in [9.17, 15) is 14.7 Å². The van der Waals surface area contributed by atoms with Crippen LogP contribution >= 0.6 is 0 Å². The van der Waals surface area contributed by atoms with Crippen LogP contribution in [0.3, 0.4) is 0 Å². The summed E-state index contributed by atoms with van der Waals surface area (Å²) in [5.74, 6) is -1.01. The van der Waals surface area contributed by atoms with Gasteiger partial charge < -0.3 is 9.84 Å². The van der Waals surface area contributed by atoms with Gasteiger partial charge in [-0.1, -0.05) is 0 Å². The minimum Gasteiger partial charge on any atom is -0.480 e. The monoisotopic (exact) mass is 292 g/mol. The summed E-state index contributed by atoms with van der Waals surface area (Å²) in [4.78, 5) is 28.8. The largest absolute Gasteiger partial charge is 0.480 e. The lowest BCUT2D eigenvalue weighted by Crippen LogP contribution is -2.43. The van der Waals surface area contributed by atoms with Crippen LogP contribution in [0.1, 0.15) is 38.7 Å². The molecule has 0 radical (unpaired) electrons. The van der Waals surface area contributed by atoms with Gasteiger partial charge in [-0.25, -0.2) is 9.59 Å². The molecule has 21 heavy (non-hydrogen) atoms. The van der Waals surface area contributed by atoms with Crippen LogP contribution in [0, 0.1) is 0 Å². The first-order valence-corrected chi connectivity index (χ1v) is 6.90. The molecule has 2 atom stereocenters. The number of pyridine rings is 1. The summed E-state index contributed by atoms with van der Waals surface area (Å²) in [5.41, 5.74) is 0.344. The van der Waals surface area contributed by atoms with Crippen molar-refractivity contribution in [1.82, 2.24) is 9.88 Å². The van der Waals surface area contributed by atoms with Crippen molar-refractivity contribution in [2.75, 3.05) is 6.54 Å². The van der Waals surface area contributed by atoms with E-state index in [1.807, 2.05) is 12.1 Å². The molecule has 6 nitrogen and oxygen atoms in total. The quantitative estimate of drug-likeness (QED) is 0.904. The zero-order valence-corrected chi connectivity index (χ0v) is 12.4. The summed E-state index contributed by atoms with van der Waals surface area (Å²) in [6.07, 6.45) is 3.15. The Balaban J connectivity index is 2.16. The van der Waals surface area contributed by atoms with Crippen LogP contribution in [0.4, 0.5) is 4.79 Å². The van der Waals surface area contributed by atoms with Gasteiger partial charge in [0.05, 0.1) is 0 Å². The van der Waals surface area contributed by atoms with Gasteiger partial charge in [-0.3, -0.25) is 9.88 Å². The number of nitrogens with zero attached hydrogens (tertiary/aromatic N) is 2. The van der Waals surface area contributed by atoms with E-state index in [1.165, 1.54) is 4.90 Å². The summed E-state index contributed by atoms with van der Waals surface area (Å²) in [7, 11) is 0. The number of carbonyl (C=O) groups excluding carboxylic acids is 1. The lowest BCUT2D eigenvalue weighted by molar-refractivity contribution is -0.142. The first-order chi connectivity index (χ1) is 9.78. The highest BCUT2D eigenvalue weighted by atomic mass is 16.6. The predicted octanol–water partition coefficient (Wildman–Crippen LogP) is 2.26. The van der Waals surface area contributed by atoms with Gasteiger partial charge in [0.1, 0.15) is 11.6 Å². The number of amides is 1. The van der Waals surface area contributed by atoms with Crippen LogP contribution in [-0.2, 0) is 9.53 Å². The molecule has 1 amide bonds. The molecule has 1 aromatic rings. The Hall–Kier alpha value is -2.11. The zero-order valence-electron chi connectivity index (χ0n) is 12.4. The van der Waals surface area contributed by atoms with Gasteiger partial charge >= 0.3 is 12.1 Å². The molecule has 2 rings (SSSR count). The lowest BCUT2D eigenvalue weighted by atomic mass is 9.97. The van der Waals surface area contributed by atoms with E-state index in [1.54, 1.807) is 33.2 Å². The number of hydrogen-bond donors (Lipinski definition) is 1. The number of ether oxygens (including phenoxy) is 1. The minimum atomic E-state index is -1.00. The van der Waals surface area contributed by atoms with Gasteiger partial charge in [-0.15, -0.1) is 0 Å². The van der Waals surface area contributed by atoms with Gasteiger partial charge in [0.15, 0.2) is 0 Å². The highest BCUT2D eigenvalue weighted by Crippen LogP contribution is 2.32. The second-order valence-electron chi connectivity index (χ2n) is 6.20. The first kappa shape index (κ1) is 15.3. The van der Waals surface area contributed by atoms with Crippen LogP contribution in [0.2, 0.25) is 0 Å². The molecular formula is C15H20N2O4. The smallest absolute Gasteiger partial charge is 0.411 e.